The van der Waals surface area contributed by atoms with Crippen LogP contribution in [0.15, 0.2) is 53.6 Å². The lowest BCUT2D eigenvalue weighted by molar-refractivity contribution is -0.126. The zero-order chi connectivity index (χ0) is 17.4. The molecule has 1 amide bonds. The molecule has 0 aliphatic carbocycles. The van der Waals surface area contributed by atoms with E-state index in [-0.39, 0.29) is 6.61 Å². The molecule has 8 heteroatoms. The van der Waals surface area contributed by atoms with Crippen LogP contribution in [-0.2, 0) is 4.79 Å². The molecule has 0 fully saturated rings. The molecule has 0 radical (unpaired) electrons. The summed E-state index contributed by atoms with van der Waals surface area (Å²) in [4.78, 5) is 29.0. The normalized spacial score (nSPS) is 15.8. The van der Waals surface area contributed by atoms with Gasteiger partial charge in [-0.1, -0.05) is 23.7 Å². The van der Waals surface area contributed by atoms with Crippen LogP contribution in [0.2, 0.25) is 5.02 Å². The predicted octanol–water partition coefficient (Wildman–Crippen LogP) is 1.96. The van der Waals surface area contributed by atoms with Gasteiger partial charge in [0.2, 0.25) is 6.10 Å². The van der Waals surface area contributed by atoms with Crippen molar-refractivity contribution in [2.45, 2.75) is 6.10 Å². The maximum Gasteiger partial charge on any atom is 0.283 e. The Morgan fingerprint density at radius 3 is 2.88 bits per heavy atom. The van der Waals surface area contributed by atoms with E-state index in [1.165, 1.54) is 12.4 Å². The first-order valence-corrected chi connectivity index (χ1v) is 7.86. The SMILES string of the molecule is O=C(Nn1cnc2ccc(Cl)cc2c1=O)[C@H]1COc2ccccc2O1. The van der Waals surface area contributed by atoms with Crippen molar-refractivity contribution < 1.29 is 14.3 Å². The average molecular weight is 358 g/mol. The highest BCUT2D eigenvalue weighted by Gasteiger charge is 2.27. The van der Waals surface area contributed by atoms with E-state index in [4.69, 9.17) is 21.1 Å². The lowest BCUT2D eigenvalue weighted by atomic mass is 10.2. The molecule has 0 unspecified atom stereocenters. The van der Waals surface area contributed by atoms with Crippen LogP contribution in [0.25, 0.3) is 10.9 Å². The number of benzene rings is 2. The van der Waals surface area contributed by atoms with Crippen LogP contribution in [0.4, 0.5) is 0 Å². The Hall–Kier alpha value is -3.06. The number of nitrogens with zero attached hydrogens (tertiary/aromatic N) is 2. The zero-order valence-corrected chi connectivity index (χ0v) is 13.6. The Morgan fingerprint density at radius 1 is 1.24 bits per heavy atom. The first kappa shape index (κ1) is 15.5. The molecule has 7 nitrogen and oxygen atoms in total. The third-order valence-electron chi connectivity index (χ3n) is 3.75. The molecule has 4 rings (SSSR count). The Bertz CT molecular complexity index is 1030. The van der Waals surface area contributed by atoms with E-state index >= 15 is 0 Å². The molecule has 0 bridgehead atoms. The van der Waals surface area contributed by atoms with Gasteiger partial charge in [-0.15, -0.1) is 0 Å². The van der Waals surface area contributed by atoms with E-state index in [0.29, 0.717) is 27.4 Å². The summed E-state index contributed by atoms with van der Waals surface area (Å²) in [7, 11) is 0. The highest BCUT2D eigenvalue weighted by Crippen LogP contribution is 2.30. The van der Waals surface area contributed by atoms with E-state index in [9.17, 15) is 9.59 Å². The zero-order valence-electron chi connectivity index (χ0n) is 12.8. The second kappa shape index (κ2) is 6.10. The number of ether oxygens (including phenoxy) is 2. The summed E-state index contributed by atoms with van der Waals surface area (Å²) in [6.45, 7) is 0.0461. The summed E-state index contributed by atoms with van der Waals surface area (Å²) in [6, 6.07) is 11.8. The molecular weight excluding hydrogens is 346 g/mol. The third-order valence-corrected chi connectivity index (χ3v) is 3.99. The number of rotatable bonds is 2. The van der Waals surface area contributed by atoms with Crippen molar-refractivity contribution in [1.29, 1.82) is 0 Å². The summed E-state index contributed by atoms with van der Waals surface area (Å²) in [5.41, 5.74) is 2.54. The smallest absolute Gasteiger partial charge is 0.283 e. The molecule has 1 aliphatic heterocycles. The maximum absolute atomic E-state index is 12.5. The number of aromatic nitrogens is 2. The molecule has 2 heterocycles. The number of para-hydroxylation sites is 2. The minimum Gasteiger partial charge on any atom is -0.485 e. The van der Waals surface area contributed by atoms with Crippen molar-refractivity contribution in [1.82, 2.24) is 9.66 Å². The van der Waals surface area contributed by atoms with Gasteiger partial charge in [0.15, 0.2) is 11.5 Å². The van der Waals surface area contributed by atoms with E-state index in [2.05, 4.69) is 10.4 Å². The van der Waals surface area contributed by atoms with Gasteiger partial charge in [-0.05, 0) is 30.3 Å². The van der Waals surface area contributed by atoms with Crippen LogP contribution >= 0.6 is 11.6 Å². The number of hydrogen-bond acceptors (Lipinski definition) is 5. The summed E-state index contributed by atoms with van der Waals surface area (Å²) in [6.07, 6.45) is 0.366. The second-order valence-corrected chi connectivity index (χ2v) is 5.86. The minimum atomic E-state index is -0.878. The molecule has 0 spiro atoms. The number of hydrogen-bond donors (Lipinski definition) is 1. The van der Waals surface area contributed by atoms with Gasteiger partial charge >= 0.3 is 0 Å². The monoisotopic (exact) mass is 357 g/mol. The standard InChI is InChI=1S/C17H12ClN3O4/c18-10-5-6-12-11(7-10)17(23)21(9-19-12)20-16(22)15-8-24-13-3-1-2-4-14(13)25-15/h1-7,9,15H,8H2,(H,20,22)/t15-/m1/s1. The molecule has 0 saturated heterocycles. The molecular formula is C17H12ClN3O4. The first-order valence-electron chi connectivity index (χ1n) is 7.48. The lowest BCUT2D eigenvalue weighted by Gasteiger charge is -2.25. The van der Waals surface area contributed by atoms with Crippen molar-refractivity contribution in [3.05, 3.63) is 64.2 Å². The molecule has 2 aromatic carbocycles. The molecule has 1 N–H and O–H groups in total. The van der Waals surface area contributed by atoms with Crippen LogP contribution < -0.4 is 20.5 Å². The van der Waals surface area contributed by atoms with Crippen molar-refractivity contribution in [2.24, 2.45) is 0 Å². The molecule has 1 aromatic heterocycles. The Morgan fingerprint density at radius 2 is 2.04 bits per heavy atom. The van der Waals surface area contributed by atoms with Gasteiger partial charge in [0, 0.05) is 5.02 Å². The molecule has 25 heavy (non-hydrogen) atoms. The Kier molecular flexibility index (Phi) is 3.77. The summed E-state index contributed by atoms with van der Waals surface area (Å²) >= 11 is 5.92. The van der Waals surface area contributed by atoms with E-state index in [0.717, 1.165) is 4.68 Å². The second-order valence-electron chi connectivity index (χ2n) is 5.42. The summed E-state index contributed by atoms with van der Waals surface area (Å²) in [5.74, 6) is 0.537. The fourth-order valence-electron chi connectivity index (χ4n) is 2.51. The van der Waals surface area contributed by atoms with Crippen molar-refractivity contribution >= 4 is 28.4 Å². The van der Waals surface area contributed by atoms with Gasteiger partial charge < -0.3 is 9.47 Å². The molecule has 1 aliphatic rings. The van der Waals surface area contributed by atoms with Crippen molar-refractivity contribution in [3.8, 4) is 11.5 Å². The molecule has 1 atom stereocenters. The van der Waals surface area contributed by atoms with Gasteiger partial charge in [0.05, 0.1) is 10.9 Å². The molecule has 3 aromatic rings. The number of fused-ring (bicyclic) bond motifs is 2. The van der Waals surface area contributed by atoms with Gasteiger partial charge in [-0.25, -0.2) is 9.66 Å². The van der Waals surface area contributed by atoms with E-state index < -0.39 is 17.6 Å². The van der Waals surface area contributed by atoms with Crippen LogP contribution in [0.3, 0.4) is 0 Å². The van der Waals surface area contributed by atoms with E-state index in [1.54, 1.807) is 30.3 Å². The molecule has 0 saturated carbocycles. The van der Waals surface area contributed by atoms with Crippen LogP contribution in [-0.4, -0.2) is 28.3 Å². The third kappa shape index (κ3) is 2.89. The van der Waals surface area contributed by atoms with E-state index in [1.807, 2.05) is 6.07 Å². The number of carbonyl (C=O) groups is 1. The highest BCUT2D eigenvalue weighted by molar-refractivity contribution is 6.31. The van der Waals surface area contributed by atoms with Crippen LogP contribution in [0.1, 0.15) is 0 Å². The Labute approximate surface area is 146 Å². The van der Waals surface area contributed by atoms with Crippen molar-refractivity contribution in [2.75, 3.05) is 12.0 Å². The fraction of sp³-hybridized carbons (Fsp3) is 0.118. The number of amides is 1. The molecule has 126 valence electrons. The minimum absolute atomic E-state index is 0.0461. The number of carbonyl (C=O) groups excluding carboxylic acids is 1. The lowest BCUT2D eigenvalue weighted by Crippen LogP contribution is -2.45. The van der Waals surface area contributed by atoms with Crippen LogP contribution in [0.5, 0.6) is 11.5 Å². The largest absolute Gasteiger partial charge is 0.485 e. The maximum atomic E-state index is 12.5. The van der Waals surface area contributed by atoms with Crippen LogP contribution in [0, 0.1) is 0 Å². The number of nitrogens with one attached hydrogen (secondary N) is 1. The quantitative estimate of drug-likeness (QED) is 0.758. The topological polar surface area (TPSA) is 82.5 Å². The summed E-state index contributed by atoms with van der Waals surface area (Å²) < 4.78 is 12.1. The predicted molar refractivity (Wildman–Crippen MR) is 91.7 cm³/mol. The summed E-state index contributed by atoms with van der Waals surface area (Å²) in [5, 5.41) is 0.720. The fourth-order valence-corrected chi connectivity index (χ4v) is 2.69. The number of halogens is 1. The first-order chi connectivity index (χ1) is 12.1. The van der Waals surface area contributed by atoms with Crippen molar-refractivity contribution in [3.63, 3.8) is 0 Å². The van der Waals surface area contributed by atoms with Gasteiger partial charge in [-0.3, -0.25) is 15.0 Å². The highest BCUT2D eigenvalue weighted by atomic mass is 35.5. The average Bonchev–Trinajstić information content (AvgIpc) is 2.64. The van der Waals surface area contributed by atoms with Gasteiger partial charge in [0.1, 0.15) is 12.9 Å². The van der Waals surface area contributed by atoms with Gasteiger partial charge in [-0.2, -0.15) is 0 Å². The van der Waals surface area contributed by atoms with Gasteiger partial charge in [0.25, 0.3) is 11.5 Å². The Balaban J connectivity index is 1.58.